The number of hydrogen-bond donors (Lipinski definition) is 1. The SMILES string of the molecule is CC1(C)[C@H](CC(=O)c2cc3cccc(F)c3s2)C2CCN1CC2.CC1(C)[C@H](N)C2CCN1CC2.Cl.Fc1cccc2ccsc12.O=C=O. The maximum Gasteiger partial charge on any atom is 0.373 e. The molecule has 4 aromatic rings. The summed E-state index contributed by atoms with van der Waals surface area (Å²) in [5, 5.41) is 3.73. The minimum absolute atomic E-state index is 0. The number of Topliss-reactive ketones (excluding diaryl/α,β-unsaturated/α-hetero) is 1. The van der Waals surface area contributed by atoms with Crippen LogP contribution in [0.15, 0.2) is 53.9 Å². The lowest BCUT2D eigenvalue weighted by molar-refractivity contribution is -0.191. The van der Waals surface area contributed by atoms with E-state index in [9.17, 15) is 13.6 Å². The topological polar surface area (TPSA) is 83.7 Å². The first-order chi connectivity index (χ1) is 22.4. The van der Waals surface area contributed by atoms with Gasteiger partial charge < -0.3 is 5.73 Å². The summed E-state index contributed by atoms with van der Waals surface area (Å²) in [4.78, 5) is 34.9. The quantitative estimate of drug-likeness (QED) is 0.214. The number of nitrogens with zero attached hydrogens (tertiary/aromatic N) is 2. The van der Waals surface area contributed by atoms with Crippen LogP contribution in [0.1, 0.15) is 69.5 Å². The molecule has 260 valence electrons. The van der Waals surface area contributed by atoms with E-state index in [1.54, 1.807) is 12.1 Å². The van der Waals surface area contributed by atoms with Gasteiger partial charge in [-0.3, -0.25) is 14.6 Å². The van der Waals surface area contributed by atoms with Crippen molar-refractivity contribution in [3.05, 3.63) is 70.4 Å². The van der Waals surface area contributed by atoms with Crippen LogP contribution in [-0.2, 0) is 9.59 Å². The lowest BCUT2D eigenvalue weighted by Gasteiger charge is -2.56. The molecule has 6 fully saturated rings. The minimum atomic E-state index is -0.227. The summed E-state index contributed by atoms with van der Waals surface area (Å²) in [5.41, 5.74) is 6.52. The zero-order chi connectivity index (χ0) is 33.9. The molecule has 0 amide bonds. The third-order valence-electron chi connectivity index (χ3n) is 11.1. The molecular formula is C37H46ClF2N3O3S2. The largest absolute Gasteiger partial charge is 0.373 e. The number of nitrogens with two attached hydrogens (primary N) is 1. The number of halogens is 3. The molecule has 11 heteroatoms. The molecule has 0 spiro atoms. The standard InChI is InChI=1S/C19H22FNOS.C9H18N2.C8H5FS.CO2.ClH/c1-19(2)14(12-6-8-21(19)9-7-12)11-16(22)17-10-13-4-3-5-15(20)18(13)23-17;1-9(2)8(10)7-3-5-11(9)6-4-7;9-7-3-1-2-6-4-5-10-8(6)7;2-1-3;/h3-5,10,12,14H,6-9,11H2,1-2H3;7-8H,3-6,10H2,1-2H3;1-5H;;1H/t14-;8-;;;/m11.../s1. The highest BCUT2D eigenvalue weighted by atomic mass is 35.5. The third kappa shape index (κ3) is 7.91. The van der Waals surface area contributed by atoms with Crippen LogP contribution in [0.2, 0.25) is 0 Å². The Bertz CT molecular complexity index is 1720. The Balaban J connectivity index is 0.000000173. The Kier molecular flexibility index (Phi) is 12.7. The summed E-state index contributed by atoms with van der Waals surface area (Å²) in [5.74, 6) is 1.70. The molecule has 6 nitrogen and oxygen atoms in total. The second kappa shape index (κ2) is 16.0. The summed E-state index contributed by atoms with van der Waals surface area (Å²) >= 11 is 2.74. The molecule has 0 radical (unpaired) electrons. The Morgan fingerprint density at radius 1 is 0.833 bits per heavy atom. The van der Waals surface area contributed by atoms with E-state index in [1.807, 2.05) is 29.6 Å². The van der Waals surface area contributed by atoms with Crippen molar-refractivity contribution < 1.29 is 23.2 Å². The fraction of sp³-hybridized carbons (Fsp3) is 0.514. The first-order valence-corrected chi connectivity index (χ1v) is 18.2. The van der Waals surface area contributed by atoms with Gasteiger partial charge in [-0.15, -0.1) is 35.1 Å². The van der Waals surface area contributed by atoms with E-state index in [4.69, 9.17) is 15.3 Å². The Labute approximate surface area is 296 Å². The number of carbonyl (C=O) groups is 1. The van der Waals surface area contributed by atoms with Gasteiger partial charge in [0.05, 0.1) is 14.3 Å². The van der Waals surface area contributed by atoms with Crippen LogP contribution in [0.25, 0.3) is 20.2 Å². The zero-order valence-corrected chi connectivity index (χ0v) is 30.5. The number of carbonyl (C=O) groups excluding carboxylic acids is 3. The summed E-state index contributed by atoms with van der Waals surface area (Å²) in [6, 6.07) is 14.4. The molecule has 10 rings (SSSR count). The van der Waals surface area contributed by atoms with Crippen LogP contribution in [0, 0.1) is 29.4 Å². The van der Waals surface area contributed by atoms with Gasteiger partial charge in [0.1, 0.15) is 11.6 Å². The molecule has 2 aromatic carbocycles. The van der Waals surface area contributed by atoms with E-state index in [1.165, 1.54) is 73.6 Å². The van der Waals surface area contributed by atoms with Crippen molar-refractivity contribution >= 4 is 67.2 Å². The van der Waals surface area contributed by atoms with Crippen molar-refractivity contribution in [3.63, 3.8) is 0 Å². The average Bonchev–Trinajstić information content (AvgIpc) is 3.72. The van der Waals surface area contributed by atoms with Gasteiger partial charge >= 0.3 is 6.15 Å². The van der Waals surface area contributed by atoms with Crippen LogP contribution in [-0.4, -0.2) is 65.0 Å². The van der Waals surface area contributed by atoms with Gasteiger partial charge in [0.25, 0.3) is 0 Å². The smallest absolute Gasteiger partial charge is 0.326 e. The fourth-order valence-corrected chi connectivity index (χ4v) is 9.97. The first kappa shape index (κ1) is 38.2. The van der Waals surface area contributed by atoms with Crippen molar-refractivity contribution in [2.75, 3.05) is 26.2 Å². The van der Waals surface area contributed by atoms with Gasteiger partial charge in [-0.1, -0.05) is 24.3 Å². The summed E-state index contributed by atoms with van der Waals surface area (Å²) in [6.07, 6.45) is 5.91. The number of piperidine rings is 6. The van der Waals surface area contributed by atoms with E-state index >= 15 is 0 Å². The lowest BCUT2D eigenvalue weighted by Crippen LogP contribution is -2.67. The minimum Gasteiger partial charge on any atom is -0.326 e. The normalized spacial score (nSPS) is 27.2. The van der Waals surface area contributed by atoms with Crippen molar-refractivity contribution in [2.24, 2.45) is 23.5 Å². The van der Waals surface area contributed by atoms with Crippen molar-refractivity contribution in [3.8, 4) is 0 Å². The van der Waals surface area contributed by atoms with Gasteiger partial charge in [0, 0.05) is 23.5 Å². The molecule has 0 saturated carbocycles. The fourth-order valence-electron chi connectivity index (χ4n) is 8.15. The van der Waals surface area contributed by atoms with Crippen molar-refractivity contribution in [1.29, 1.82) is 0 Å². The molecule has 2 atom stereocenters. The van der Waals surface area contributed by atoms with Crippen LogP contribution in [0.5, 0.6) is 0 Å². The molecule has 2 aromatic heterocycles. The van der Waals surface area contributed by atoms with Crippen molar-refractivity contribution in [1.82, 2.24) is 9.80 Å². The van der Waals surface area contributed by atoms with Crippen molar-refractivity contribution in [2.45, 2.75) is 76.9 Å². The van der Waals surface area contributed by atoms with E-state index in [0.29, 0.717) is 33.9 Å². The second-order valence-electron chi connectivity index (χ2n) is 14.1. The van der Waals surface area contributed by atoms with E-state index in [2.05, 4.69) is 37.5 Å². The predicted octanol–water partition coefficient (Wildman–Crippen LogP) is 8.43. The second-order valence-corrected chi connectivity index (χ2v) is 16.1. The Morgan fingerprint density at radius 2 is 1.35 bits per heavy atom. The van der Waals surface area contributed by atoms with Gasteiger partial charge in [0.15, 0.2) is 5.78 Å². The summed E-state index contributed by atoms with van der Waals surface area (Å²) < 4.78 is 28.0. The van der Waals surface area contributed by atoms with Crippen LogP contribution in [0.3, 0.4) is 0 Å². The number of fused-ring (bicyclic) bond motifs is 8. The van der Waals surface area contributed by atoms with E-state index < -0.39 is 0 Å². The zero-order valence-electron chi connectivity index (χ0n) is 28.0. The molecule has 4 bridgehead atoms. The number of benzene rings is 2. The molecule has 48 heavy (non-hydrogen) atoms. The maximum atomic E-state index is 13.9. The molecule has 2 N–H and O–H groups in total. The highest BCUT2D eigenvalue weighted by molar-refractivity contribution is 7.20. The average molecular weight is 718 g/mol. The highest BCUT2D eigenvalue weighted by Crippen LogP contribution is 2.46. The van der Waals surface area contributed by atoms with Crippen LogP contribution in [0.4, 0.5) is 8.78 Å². The van der Waals surface area contributed by atoms with Crippen LogP contribution >= 0.6 is 35.1 Å². The summed E-state index contributed by atoms with van der Waals surface area (Å²) in [7, 11) is 0. The molecule has 0 aliphatic carbocycles. The van der Waals surface area contributed by atoms with E-state index in [-0.39, 0.29) is 47.1 Å². The predicted molar refractivity (Wildman–Crippen MR) is 193 cm³/mol. The molecule has 0 unspecified atom stereocenters. The maximum absolute atomic E-state index is 13.9. The van der Waals surface area contributed by atoms with Gasteiger partial charge in [-0.2, -0.15) is 9.59 Å². The number of thiophene rings is 2. The van der Waals surface area contributed by atoms with Gasteiger partial charge in [-0.25, -0.2) is 8.78 Å². The highest BCUT2D eigenvalue weighted by Gasteiger charge is 2.48. The first-order valence-electron chi connectivity index (χ1n) is 16.5. The van der Waals surface area contributed by atoms with Gasteiger partial charge in [0.2, 0.25) is 0 Å². The van der Waals surface area contributed by atoms with Crippen LogP contribution < -0.4 is 5.73 Å². The third-order valence-corrected chi connectivity index (χ3v) is 13.3. The molecule has 6 saturated heterocycles. The number of rotatable bonds is 3. The monoisotopic (exact) mass is 717 g/mol. The Hall–Kier alpha value is -2.56. The summed E-state index contributed by atoms with van der Waals surface area (Å²) in [6.45, 7) is 14.0. The number of hydrogen-bond acceptors (Lipinski definition) is 8. The Morgan fingerprint density at radius 3 is 1.83 bits per heavy atom. The molecule has 6 aliphatic rings. The lowest BCUT2D eigenvalue weighted by atomic mass is 9.65. The van der Waals surface area contributed by atoms with Gasteiger partial charge in [-0.05, 0) is 138 Å². The van der Waals surface area contributed by atoms with E-state index in [0.717, 1.165) is 34.5 Å². The molecular weight excluding hydrogens is 672 g/mol. The number of ketones is 1. The molecule has 8 heterocycles. The molecule has 6 aliphatic heterocycles.